The Morgan fingerprint density at radius 3 is 2.38 bits per heavy atom. The molecule has 3 aliphatic carbocycles. The molecule has 3 aliphatic rings. The van der Waals surface area contributed by atoms with Crippen molar-refractivity contribution in [2.45, 2.75) is 19.3 Å². The van der Waals surface area contributed by atoms with Gasteiger partial charge in [0, 0.05) is 43.2 Å². The molecule has 1 fully saturated rings. The highest BCUT2D eigenvalue weighted by molar-refractivity contribution is 6.29. The Morgan fingerprint density at radius 2 is 1.75 bits per heavy atom. The van der Waals surface area contributed by atoms with Gasteiger partial charge in [0.05, 0.1) is 28.5 Å². The highest BCUT2D eigenvalue weighted by Crippen LogP contribution is 2.52. The number of rotatable bonds is 4. The number of carbonyl (C=O) groups is 3. The van der Waals surface area contributed by atoms with Gasteiger partial charge in [-0.2, -0.15) is 0 Å². The van der Waals surface area contributed by atoms with Crippen molar-refractivity contribution in [1.29, 1.82) is 5.41 Å². The van der Waals surface area contributed by atoms with E-state index >= 15 is 0 Å². The lowest BCUT2D eigenvalue weighted by atomic mass is 9.61. The largest absolute Gasteiger partial charge is 0.511 e. The zero-order valence-electron chi connectivity index (χ0n) is 21.9. The fraction of sp³-hybridized carbons (Fsp3) is 0.286. The number of aliphatic hydroxyl groups is 2. The molecule has 0 spiro atoms. The van der Waals surface area contributed by atoms with Gasteiger partial charge in [0.1, 0.15) is 11.5 Å². The highest BCUT2D eigenvalue weighted by Gasteiger charge is 2.50. The van der Waals surface area contributed by atoms with Crippen molar-refractivity contribution in [2.75, 3.05) is 35.4 Å². The number of hydrogen-bond donors (Lipinski definition) is 8. The van der Waals surface area contributed by atoms with Gasteiger partial charge >= 0.3 is 6.03 Å². The minimum atomic E-state index is -1.06. The molecule has 12 nitrogen and oxygen atoms in total. The Bertz CT molecular complexity index is 1540. The molecule has 0 bridgehead atoms. The molecule has 12 heteroatoms. The zero-order valence-corrected chi connectivity index (χ0v) is 21.9. The van der Waals surface area contributed by atoms with Crippen LogP contribution in [-0.4, -0.2) is 52.8 Å². The van der Waals surface area contributed by atoms with Gasteiger partial charge in [-0.1, -0.05) is 0 Å². The molecule has 0 radical (unpaired) electrons. The number of urea groups is 1. The van der Waals surface area contributed by atoms with E-state index in [1.54, 1.807) is 49.3 Å². The summed E-state index contributed by atoms with van der Waals surface area (Å²) in [7, 11) is 3.56. The predicted molar refractivity (Wildman–Crippen MR) is 150 cm³/mol. The van der Waals surface area contributed by atoms with E-state index in [0.29, 0.717) is 35.5 Å². The van der Waals surface area contributed by atoms with Crippen molar-refractivity contribution in [2.24, 2.45) is 23.5 Å². The van der Waals surface area contributed by atoms with Crippen LogP contribution in [0, 0.1) is 23.2 Å². The van der Waals surface area contributed by atoms with E-state index in [1.807, 2.05) is 0 Å². The van der Waals surface area contributed by atoms with E-state index < -0.39 is 47.0 Å². The minimum absolute atomic E-state index is 0.0106. The highest BCUT2D eigenvalue weighted by atomic mass is 16.3. The quantitative estimate of drug-likeness (QED) is 0.210. The minimum Gasteiger partial charge on any atom is -0.511 e. The standard InChI is InChI=1S/C28H30N6O6/c1-34(2)17-10-16(33-28(40)32-14-5-3-13(29)4-6-14)24(36)21-15(17)8-11-7-12-9-18(35)22(27(31)39)23(30)19(12)25(37)20(11)26(21)38/h3-6,10-12,19,30,35-36,38H,7-9,29H2,1-2H3,(H2,31,39)(H2,32,33,40). The van der Waals surface area contributed by atoms with Gasteiger partial charge in [-0.3, -0.25) is 9.59 Å². The van der Waals surface area contributed by atoms with Crippen molar-refractivity contribution in [3.8, 4) is 5.75 Å². The SMILES string of the molecule is CN(C)c1cc(NC(=O)Nc2ccc(N)cc2)c(O)c2c1CC1CC3CC(O)=C(C(N)=O)C(=N)C3C(=O)C1=C2O. The Morgan fingerprint density at radius 1 is 1.07 bits per heavy atom. The number of phenols is 1. The fourth-order valence-electron chi connectivity index (χ4n) is 6.09. The summed E-state index contributed by atoms with van der Waals surface area (Å²) in [5, 5.41) is 46.8. The first-order chi connectivity index (χ1) is 18.9. The van der Waals surface area contributed by atoms with Gasteiger partial charge in [0.15, 0.2) is 11.5 Å². The van der Waals surface area contributed by atoms with Crippen LogP contribution < -0.4 is 27.0 Å². The van der Waals surface area contributed by atoms with Crippen LogP contribution in [0.4, 0.5) is 27.5 Å². The number of nitrogens with one attached hydrogen (secondary N) is 3. The third kappa shape index (κ3) is 4.27. The third-order valence-electron chi connectivity index (χ3n) is 7.81. The molecule has 208 valence electrons. The van der Waals surface area contributed by atoms with Crippen LogP contribution in [0.15, 0.2) is 47.2 Å². The molecule has 2 aromatic carbocycles. The number of aromatic hydroxyl groups is 1. The van der Waals surface area contributed by atoms with E-state index in [1.165, 1.54) is 0 Å². The van der Waals surface area contributed by atoms with E-state index in [4.69, 9.17) is 16.9 Å². The van der Waals surface area contributed by atoms with Crippen LogP contribution in [0.1, 0.15) is 24.0 Å². The molecule has 2 aromatic rings. The number of nitrogens with two attached hydrogens (primary N) is 2. The third-order valence-corrected chi connectivity index (χ3v) is 7.81. The summed E-state index contributed by atoms with van der Waals surface area (Å²) in [6.45, 7) is 0. The molecule has 0 saturated heterocycles. The van der Waals surface area contributed by atoms with Crippen molar-refractivity contribution in [1.82, 2.24) is 0 Å². The Balaban J connectivity index is 1.55. The molecule has 3 amide bonds. The molecule has 40 heavy (non-hydrogen) atoms. The lowest BCUT2D eigenvalue weighted by Gasteiger charge is -2.42. The number of ketones is 1. The van der Waals surface area contributed by atoms with Crippen molar-refractivity contribution in [3.63, 3.8) is 0 Å². The number of nitrogens with zero attached hydrogens (tertiary/aromatic N) is 1. The Kier molecular flexibility index (Phi) is 6.41. The number of fused-ring (bicyclic) bond motifs is 3. The van der Waals surface area contributed by atoms with Gasteiger partial charge in [0.25, 0.3) is 5.91 Å². The molecular formula is C28H30N6O6. The molecule has 0 heterocycles. The monoisotopic (exact) mass is 546 g/mol. The maximum atomic E-state index is 13.7. The molecule has 1 saturated carbocycles. The summed E-state index contributed by atoms with van der Waals surface area (Å²) < 4.78 is 0. The maximum Gasteiger partial charge on any atom is 0.323 e. The average molecular weight is 547 g/mol. The summed E-state index contributed by atoms with van der Waals surface area (Å²) in [6.07, 6.45) is 0.681. The van der Waals surface area contributed by atoms with Crippen LogP contribution in [0.3, 0.4) is 0 Å². The first-order valence-electron chi connectivity index (χ1n) is 12.7. The van der Waals surface area contributed by atoms with Gasteiger partial charge in [-0.15, -0.1) is 0 Å². The number of primary amides is 1. The summed E-state index contributed by atoms with van der Waals surface area (Å²) in [6, 6.07) is 7.42. The molecule has 3 unspecified atom stereocenters. The summed E-state index contributed by atoms with van der Waals surface area (Å²) in [5.41, 5.74) is 12.6. The molecule has 3 atom stereocenters. The van der Waals surface area contributed by atoms with Gasteiger partial charge < -0.3 is 47.7 Å². The van der Waals surface area contributed by atoms with Crippen molar-refractivity contribution < 1.29 is 29.7 Å². The molecular weight excluding hydrogens is 516 g/mol. The number of amides is 3. The first-order valence-corrected chi connectivity index (χ1v) is 12.7. The van der Waals surface area contributed by atoms with E-state index in [-0.39, 0.29) is 40.3 Å². The molecule has 10 N–H and O–H groups in total. The fourth-order valence-corrected chi connectivity index (χ4v) is 6.09. The molecule has 0 aromatic heterocycles. The number of allylic oxidation sites excluding steroid dienone is 2. The number of nitrogen functional groups attached to an aromatic ring is 1. The average Bonchev–Trinajstić information content (AvgIpc) is 2.86. The Labute approximate surface area is 229 Å². The maximum absolute atomic E-state index is 13.7. The number of phenolic OH excluding ortho intramolecular Hbond substituents is 1. The lowest BCUT2D eigenvalue weighted by Crippen LogP contribution is -2.46. The van der Waals surface area contributed by atoms with Gasteiger partial charge in [-0.05, 0) is 60.6 Å². The summed E-state index contributed by atoms with van der Waals surface area (Å²) in [4.78, 5) is 40.1. The zero-order chi connectivity index (χ0) is 29.0. The topological polar surface area (TPSA) is 215 Å². The van der Waals surface area contributed by atoms with Crippen LogP contribution in [0.25, 0.3) is 5.76 Å². The summed E-state index contributed by atoms with van der Waals surface area (Å²) in [5.74, 6) is -4.65. The van der Waals surface area contributed by atoms with E-state index in [0.717, 1.165) is 0 Å². The normalized spacial score (nSPS) is 21.8. The van der Waals surface area contributed by atoms with Gasteiger partial charge in [-0.25, -0.2) is 4.79 Å². The van der Waals surface area contributed by atoms with Crippen LogP contribution in [-0.2, 0) is 16.0 Å². The second-order valence-corrected chi connectivity index (χ2v) is 10.5. The number of hydrogen-bond acceptors (Lipinski definition) is 9. The smallest absolute Gasteiger partial charge is 0.323 e. The predicted octanol–water partition coefficient (Wildman–Crippen LogP) is 3.05. The first kappa shape index (κ1) is 26.6. The van der Waals surface area contributed by atoms with Gasteiger partial charge in [0.2, 0.25) is 0 Å². The van der Waals surface area contributed by atoms with E-state index in [9.17, 15) is 29.7 Å². The van der Waals surface area contributed by atoms with Crippen molar-refractivity contribution >= 4 is 51.9 Å². The second-order valence-electron chi connectivity index (χ2n) is 10.5. The second kappa shape index (κ2) is 9.63. The van der Waals surface area contributed by atoms with Crippen LogP contribution in [0.2, 0.25) is 0 Å². The van der Waals surface area contributed by atoms with Crippen LogP contribution >= 0.6 is 0 Å². The number of anilines is 4. The number of benzene rings is 2. The Hall–Kier alpha value is -5.00. The number of aliphatic hydroxyl groups excluding tert-OH is 2. The molecule has 5 rings (SSSR count). The van der Waals surface area contributed by atoms with Crippen molar-refractivity contribution in [3.05, 3.63) is 58.4 Å². The number of carbonyl (C=O) groups excluding carboxylic acids is 3. The van der Waals surface area contributed by atoms with E-state index in [2.05, 4.69) is 10.6 Å². The number of Topliss-reactive ketones (excluding diaryl/α,β-unsaturated/α-hetero) is 1. The molecule has 0 aliphatic heterocycles. The lowest BCUT2D eigenvalue weighted by molar-refractivity contribution is -0.121. The van der Waals surface area contributed by atoms with Crippen LogP contribution in [0.5, 0.6) is 5.75 Å². The summed E-state index contributed by atoms with van der Waals surface area (Å²) >= 11 is 0.